The van der Waals surface area contributed by atoms with Crippen LogP contribution in [0, 0.1) is 5.92 Å². The maximum absolute atomic E-state index is 12.1. The summed E-state index contributed by atoms with van der Waals surface area (Å²) in [5, 5.41) is 23.8. The zero-order chi connectivity index (χ0) is 19.5. The van der Waals surface area contributed by atoms with Crippen LogP contribution in [-0.2, 0) is 10.4 Å². The molecular formula is C20H35IN4O2S. The van der Waals surface area contributed by atoms with Gasteiger partial charge in [-0.15, -0.1) is 24.0 Å². The minimum Gasteiger partial charge on any atom is -0.383 e. The lowest BCUT2D eigenvalue weighted by atomic mass is 9.87. The molecule has 1 aliphatic rings. The van der Waals surface area contributed by atoms with Crippen molar-refractivity contribution in [1.82, 2.24) is 16.0 Å². The van der Waals surface area contributed by atoms with Crippen molar-refractivity contribution in [3.8, 4) is 0 Å². The number of thiophene rings is 1. The number of aliphatic hydroxyl groups is 1. The summed E-state index contributed by atoms with van der Waals surface area (Å²) in [6.45, 7) is 5.95. The van der Waals surface area contributed by atoms with Crippen LogP contribution in [0.1, 0.15) is 57.9 Å². The summed E-state index contributed by atoms with van der Waals surface area (Å²) >= 11 is 1.56. The van der Waals surface area contributed by atoms with E-state index in [-0.39, 0.29) is 36.4 Å². The van der Waals surface area contributed by atoms with Gasteiger partial charge in [-0.05, 0) is 55.0 Å². The number of guanidine groups is 1. The van der Waals surface area contributed by atoms with E-state index in [1.54, 1.807) is 18.3 Å². The molecule has 1 aliphatic carbocycles. The van der Waals surface area contributed by atoms with Gasteiger partial charge in [-0.2, -0.15) is 11.3 Å². The topological polar surface area (TPSA) is 85.8 Å². The first-order chi connectivity index (χ1) is 13.0. The fourth-order valence-electron chi connectivity index (χ4n) is 3.35. The van der Waals surface area contributed by atoms with Gasteiger partial charge in [0.1, 0.15) is 5.60 Å². The van der Waals surface area contributed by atoms with Crippen LogP contribution < -0.4 is 16.0 Å². The minimum absolute atomic E-state index is 0. The van der Waals surface area contributed by atoms with Crippen molar-refractivity contribution >= 4 is 47.2 Å². The van der Waals surface area contributed by atoms with E-state index < -0.39 is 5.60 Å². The van der Waals surface area contributed by atoms with Crippen LogP contribution in [0.25, 0.3) is 0 Å². The summed E-state index contributed by atoms with van der Waals surface area (Å²) < 4.78 is 0. The Balaban J connectivity index is 0.00000392. The van der Waals surface area contributed by atoms with Gasteiger partial charge < -0.3 is 21.1 Å². The Labute approximate surface area is 190 Å². The summed E-state index contributed by atoms with van der Waals surface area (Å²) in [7, 11) is 0. The monoisotopic (exact) mass is 522 g/mol. The van der Waals surface area contributed by atoms with Gasteiger partial charge in [-0.1, -0.05) is 19.3 Å². The van der Waals surface area contributed by atoms with Crippen molar-refractivity contribution in [2.45, 2.75) is 58.0 Å². The Hall–Kier alpha value is -0.870. The molecule has 6 nitrogen and oxygen atoms in total. The number of amides is 1. The molecule has 4 N–H and O–H groups in total. The summed E-state index contributed by atoms with van der Waals surface area (Å²) in [4.78, 5) is 16.5. The van der Waals surface area contributed by atoms with E-state index in [2.05, 4.69) is 20.9 Å². The molecule has 2 rings (SSSR count). The molecule has 0 bridgehead atoms. The first-order valence-electron chi connectivity index (χ1n) is 10.0. The van der Waals surface area contributed by atoms with Crippen LogP contribution in [0.4, 0.5) is 0 Å². The summed E-state index contributed by atoms with van der Waals surface area (Å²) in [5.74, 6) is 1.35. The van der Waals surface area contributed by atoms with Crippen LogP contribution in [0.5, 0.6) is 0 Å². The zero-order valence-electron chi connectivity index (χ0n) is 17.0. The normalized spacial score (nSPS) is 17.3. The number of rotatable bonds is 9. The van der Waals surface area contributed by atoms with E-state index in [0.717, 1.165) is 12.1 Å². The smallest absolute Gasteiger partial charge is 0.220 e. The number of halogens is 1. The molecule has 1 amide bonds. The molecule has 1 aromatic rings. The highest BCUT2D eigenvalue weighted by Gasteiger charge is 2.23. The van der Waals surface area contributed by atoms with Gasteiger partial charge >= 0.3 is 0 Å². The van der Waals surface area contributed by atoms with Crippen molar-refractivity contribution in [2.24, 2.45) is 10.9 Å². The molecule has 0 aliphatic heterocycles. The number of hydrogen-bond acceptors (Lipinski definition) is 4. The van der Waals surface area contributed by atoms with E-state index in [9.17, 15) is 9.90 Å². The quantitative estimate of drug-likeness (QED) is 0.174. The minimum atomic E-state index is -0.990. The molecule has 8 heteroatoms. The summed E-state index contributed by atoms with van der Waals surface area (Å²) in [5.41, 5.74) is -0.113. The maximum atomic E-state index is 12.1. The average Bonchev–Trinajstić information content (AvgIpc) is 3.20. The second-order valence-electron chi connectivity index (χ2n) is 7.47. The predicted molar refractivity (Wildman–Crippen MR) is 127 cm³/mol. The number of nitrogens with one attached hydrogen (secondary N) is 3. The molecule has 0 saturated heterocycles. The lowest BCUT2D eigenvalue weighted by Crippen LogP contribution is -2.42. The number of hydrogen-bond donors (Lipinski definition) is 4. The first kappa shape index (κ1) is 25.2. The largest absolute Gasteiger partial charge is 0.383 e. The van der Waals surface area contributed by atoms with Crippen molar-refractivity contribution in [3.63, 3.8) is 0 Å². The van der Waals surface area contributed by atoms with E-state index in [1.807, 2.05) is 23.8 Å². The molecule has 1 heterocycles. The van der Waals surface area contributed by atoms with Crippen LogP contribution >= 0.6 is 35.3 Å². The van der Waals surface area contributed by atoms with Gasteiger partial charge in [0.25, 0.3) is 0 Å². The first-order valence-corrected chi connectivity index (χ1v) is 11.0. The molecule has 1 unspecified atom stereocenters. The Morgan fingerprint density at radius 2 is 1.96 bits per heavy atom. The fraction of sp³-hybridized carbons (Fsp3) is 0.700. The Kier molecular flexibility index (Phi) is 12.0. The van der Waals surface area contributed by atoms with Gasteiger partial charge in [-0.3, -0.25) is 4.79 Å². The van der Waals surface area contributed by atoms with E-state index in [1.165, 1.54) is 32.1 Å². The fourth-order valence-corrected chi connectivity index (χ4v) is 4.13. The molecular weight excluding hydrogens is 487 g/mol. The second-order valence-corrected chi connectivity index (χ2v) is 8.25. The Morgan fingerprint density at radius 3 is 2.61 bits per heavy atom. The van der Waals surface area contributed by atoms with E-state index >= 15 is 0 Å². The third-order valence-corrected chi connectivity index (χ3v) is 5.65. The van der Waals surface area contributed by atoms with Gasteiger partial charge in [-0.25, -0.2) is 4.99 Å². The highest BCUT2D eigenvalue weighted by molar-refractivity contribution is 14.0. The van der Waals surface area contributed by atoms with Gasteiger partial charge in [0, 0.05) is 26.1 Å². The molecule has 160 valence electrons. The summed E-state index contributed by atoms with van der Waals surface area (Å²) in [6.07, 6.45) is 6.86. The SMILES string of the molecule is CCNC(=NCC(C)(O)c1ccsc1)NCCNC(=O)CC1CCCCC1.I. The number of nitrogens with zero attached hydrogens (tertiary/aromatic N) is 1. The average molecular weight is 522 g/mol. The number of carbonyl (C=O) groups is 1. The van der Waals surface area contributed by atoms with Crippen molar-refractivity contribution < 1.29 is 9.90 Å². The lowest BCUT2D eigenvalue weighted by molar-refractivity contribution is -0.122. The Morgan fingerprint density at radius 1 is 1.25 bits per heavy atom. The Bertz CT molecular complexity index is 587. The molecule has 0 spiro atoms. The predicted octanol–water partition coefficient (Wildman–Crippen LogP) is 3.22. The summed E-state index contributed by atoms with van der Waals surface area (Å²) in [6, 6.07) is 1.92. The van der Waals surface area contributed by atoms with Crippen LogP contribution in [0.3, 0.4) is 0 Å². The molecule has 28 heavy (non-hydrogen) atoms. The molecule has 1 atom stereocenters. The van der Waals surface area contributed by atoms with Crippen LogP contribution in [0.15, 0.2) is 21.8 Å². The van der Waals surface area contributed by atoms with Gasteiger partial charge in [0.15, 0.2) is 5.96 Å². The van der Waals surface area contributed by atoms with Gasteiger partial charge in [0.05, 0.1) is 6.54 Å². The van der Waals surface area contributed by atoms with Crippen molar-refractivity contribution in [1.29, 1.82) is 0 Å². The van der Waals surface area contributed by atoms with Crippen molar-refractivity contribution in [2.75, 3.05) is 26.2 Å². The molecule has 0 aromatic carbocycles. The lowest BCUT2D eigenvalue weighted by Gasteiger charge is -2.21. The molecule has 1 aromatic heterocycles. The highest BCUT2D eigenvalue weighted by atomic mass is 127. The van der Waals surface area contributed by atoms with Crippen LogP contribution in [-0.4, -0.2) is 43.2 Å². The maximum Gasteiger partial charge on any atom is 0.220 e. The van der Waals surface area contributed by atoms with E-state index in [4.69, 9.17) is 0 Å². The zero-order valence-corrected chi connectivity index (χ0v) is 20.1. The van der Waals surface area contributed by atoms with E-state index in [0.29, 0.717) is 31.4 Å². The standard InChI is InChI=1S/C20H34N4O2S.HI/c1-3-21-19(24-15-20(2,26)17-9-12-27-14-17)23-11-10-22-18(25)13-16-7-5-4-6-8-16;/h9,12,14,16,26H,3-8,10-11,13,15H2,1-2H3,(H,22,25)(H2,21,23,24);1H. The van der Waals surface area contributed by atoms with Crippen molar-refractivity contribution in [3.05, 3.63) is 22.4 Å². The molecule has 0 radical (unpaired) electrons. The number of carbonyl (C=O) groups excluding carboxylic acids is 1. The molecule has 1 fully saturated rings. The third-order valence-electron chi connectivity index (χ3n) is 4.97. The second kappa shape index (κ2) is 13.4. The highest BCUT2D eigenvalue weighted by Crippen LogP contribution is 2.26. The van der Waals surface area contributed by atoms with Crippen LogP contribution in [0.2, 0.25) is 0 Å². The molecule has 1 saturated carbocycles. The van der Waals surface area contributed by atoms with Gasteiger partial charge in [0.2, 0.25) is 5.91 Å². The number of aliphatic imine (C=N–C) groups is 1. The third kappa shape index (κ3) is 9.09.